The van der Waals surface area contributed by atoms with Gasteiger partial charge in [0, 0.05) is 0 Å². The summed E-state index contributed by atoms with van der Waals surface area (Å²) in [4.78, 5) is 0. The quantitative estimate of drug-likeness (QED) is 0.222. The Hall–Kier alpha value is -2.83. The molecule has 3 aromatic rings. The molecule has 0 aromatic heterocycles. The van der Waals surface area contributed by atoms with Crippen molar-refractivity contribution in [3.8, 4) is 17.2 Å². The number of rotatable bonds is 4. The fourth-order valence-corrected chi connectivity index (χ4v) is 3.97. The van der Waals surface area contributed by atoms with Gasteiger partial charge in [-0.25, -0.2) is 0 Å². The minimum absolute atomic E-state index is 0.0718. The third-order valence-corrected chi connectivity index (χ3v) is 6.98. The summed E-state index contributed by atoms with van der Waals surface area (Å²) in [6, 6.07) is 25.0. The third-order valence-electron chi connectivity index (χ3n) is 4.33. The van der Waals surface area contributed by atoms with Crippen LogP contribution in [0.3, 0.4) is 0 Å². The molecule has 0 radical (unpaired) electrons. The summed E-state index contributed by atoms with van der Waals surface area (Å²) >= 11 is 2.02. The van der Waals surface area contributed by atoms with Gasteiger partial charge in [0.15, 0.2) is 0 Å². The number of benzene rings is 3. The van der Waals surface area contributed by atoms with Crippen LogP contribution in [0.5, 0.6) is 17.2 Å². The van der Waals surface area contributed by atoms with E-state index in [4.69, 9.17) is 0 Å². The molecular formula is C34H46O3Si2Ti. The summed E-state index contributed by atoms with van der Waals surface area (Å²) in [5, 5.41) is 30.8. The van der Waals surface area contributed by atoms with E-state index in [2.05, 4.69) is 81.9 Å². The van der Waals surface area contributed by atoms with Crippen LogP contribution < -0.4 is 15.3 Å². The molecule has 0 fully saturated rings. The first-order valence-electron chi connectivity index (χ1n) is 13.2. The molecule has 0 saturated heterocycles. The monoisotopic (exact) mass is 606 g/mol. The number of hydrogen-bond acceptors (Lipinski definition) is 3. The van der Waals surface area contributed by atoms with Gasteiger partial charge in [0.05, 0.1) is 16.1 Å². The standard InChI is InChI=1S/C10H22Si2.3C6H6O.C6H9.Ti/c1-11(2,3)9-7-8-10-12(4,5)6;3*7-6-4-2-1-3-5-6;1-4-6(3)5-2;/h7-10H,1-6H3;3*1-5,7H;1,4-5H,2-3H3;/q;;;;;+3/p-3. The molecule has 3 rings (SSSR count). The average Bonchev–Trinajstić information content (AvgIpc) is 2.89. The topological polar surface area (TPSA) is 69.2 Å². The summed E-state index contributed by atoms with van der Waals surface area (Å²) in [6.07, 6.45) is 8.62. The Labute approximate surface area is 257 Å². The summed E-state index contributed by atoms with van der Waals surface area (Å²) in [6.45, 7) is 18.2. The predicted octanol–water partition coefficient (Wildman–Crippen LogP) is 8.15. The Kier molecular flexibility index (Phi) is 23.6. The summed E-state index contributed by atoms with van der Waals surface area (Å²) in [5.74, 6) is 0.215. The van der Waals surface area contributed by atoms with Gasteiger partial charge in [0.2, 0.25) is 0 Å². The number of para-hydroxylation sites is 3. The average molecular weight is 607 g/mol. The minimum Gasteiger partial charge on any atom is -0.872 e. The zero-order valence-electron chi connectivity index (χ0n) is 25.4. The molecular weight excluding hydrogens is 560 g/mol. The van der Waals surface area contributed by atoms with Crippen molar-refractivity contribution in [1.82, 2.24) is 0 Å². The van der Waals surface area contributed by atoms with Crippen molar-refractivity contribution in [1.29, 1.82) is 0 Å². The van der Waals surface area contributed by atoms with Gasteiger partial charge in [-0.3, -0.25) is 0 Å². The fraction of sp³-hybridized carbons (Fsp3) is 0.235. The van der Waals surface area contributed by atoms with Crippen molar-refractivity contribution in [2.24, 2.45) is 0 Å². The molecule has 0 bridgehead atoms. The Bertz CT molecular complexity index is 988. The van der Waals surface area contributed by atoms with Gasteiger partial charge in [0.1, 0.15) is 0 Å². The van der Waals surface area contributed by atoms with Crippen molar-refractivity contribution in [2.75, 3.05) is 0 Å². The first-order valence-corrected chi connectivity index (χ1v) is 21.3. The second-order valence-corrected chi connectivity index (χ2v) is 21.4. The van der Waals surface area contributed by atoms with E-state index < -0.39 is 16.1 Å². The van der Waals surface area contributed by atoms with Gasteiger partial charge in [-0.1, -0.05) is 154 Å². The molecule has 6 heteroatoms. The van der Waals surface area contributed by atoms with E-state index in [-0.39, 0.29) is 17.2 Å². The van der Waals surface area contributed by atoms with E-state index in [1.165, 1.54) is 42.0 Å². The molecule has 40 heavy (non-hydrogen) atoms. The summed E-state index contributed by atoms with van der Waals surface area (Å²) in [5.41, 5.74) is 6.08. The molecule has 0 aliphatic rings. The van der Waals surface area contributed by atoms with E-state index in [1.54, 1.807) is 36.4 Å². The van der Waals surface area contributed by atoms with Gasteiger partial charge in [-0.15, -0.1) is 17.2 Å². The van der Waals surface area contributed by atoms with E-state index in [0.29, 0.717) is 0 Å². The van der Waals surface area contributed by atoms with Crippen LogP contribution >= 0.6 is 0 Å². The summed E-state index contributed by atoms with van der Waals surface area (Å²) < 4.78 is 2.04. The van der Waals surface area contributed by atoms with Crippen molar-refractivity contribution in [2.45, 2.75) is 53.1 Å². The first-order chi connectivity index (χ1) is 18.7. The fourth-order valence-electron chi connectivity index (χ4n) is 2.18. The molecule has 0 saturated carbocycles. The van der Waals surface area contributed by atoms with E-state index >= 15 is 0 Å². The predicted molar refractivity (Wildman–Crippen MR) is 171 cm³/mol. The third kappa shape index (κ3) is 33.2. The molecule has 0 aliphatic heterocycles. The van der Waals surface area contributed by atoms with Crippen LogP contribution in [0.15, 0.2) is 137 Å². The smallest absolute Gasteiger partial charge is 0.0686 e. The second-order valence-electron chi connectivity index (χ2n) is 10.8. The van der Waals surface area contributed by atoms with Crippen LogP contribution in [0.2, 0.25) is 39.3 Å². The van der Waals surface area contributed by atoms with E-state index in [0.717, 1.165) is 0 Å². The zero-order valence-corrected chi connectivity index (χ0v) is 29.0. The maximum atomic E-state index is 10.3. The molecule has 3 nitrogen and oxygen atoms in total. The van der Waals surface area contributed by atoms with Crippen molar-refractivity contribution in [3.63, 3.8) is 0 Å². The zero-order chi connectivity index (χ0) is 30.9. The maximum absolute atomic E-state index is 10.3. The number of hydrogen-bond donors (Lipinski definition) is 0. The Morgan fingerprint density at radius 2 is 0.850 bits per heavy atom. The molecule has 212 valence electrons. The van der Waals surface area contributed by atoms with Gasteiger partial charge < -0.3 is 15.3 Å². The minimum atomic E-state index is -0.970. The van der Waals surface area contributed by atoms with Crippen LogP contribution in [0.4, 0.5) is 0 Å². The van der Waals surface area contributed by atoms with Crippen molar-refractivity contribution >= 4 is 16.1 Å². The molecule has 0 spiro atoms. The molecule has 0 heterocycles. The molecule has 0 N–H and O–H groups in total. The van der Waals surface area contributed by atoms with Crippen molar-refractivity contribution in [3.05, 3.63) is 137 Å². The number of allylic oxidation sites excluding steroid dienone is 5. The van der Waals surface area contributed by atoms with Crippen LogP contribution in [0, 0.1) is 0 Å². The Morgan fingerprint density at radius 3 is 0.975 bits per heavy atom. The molecule has 0 unspecified atom stereocenters. The normalized spacial score (nSPS) is 11.3. The van der Waals surface area contributed by atoms with Gasteiger partial charge in [-0.05, 0) is 0 Å². The van der Waals surface area contributed by atoms with Crippen LogP contribution in [-0.4, -0.2) is 16.1 Å². The molecule has 0 amide bonds. The first kappa shape index (κ1) is 39.3. The van der Waals surface area contributed by atoms with Crippen molar-refractivity contribution < 1.29 is 35.8 Å². The van der Waals surface area contributed by atoms with Gasteiger partial charge in [0.25, 0.3) is 0 Å². The Balaban J connectivity index is 0. The van der Waals surface area contributed by atoms with E-state index in [9.17, 15) is 15.3 Å². The SMILES string of the molecule is CC=C(C)C=[CH][Ti+3].C[Si](C)(C)C=CC=C[Si](C)(C)C.[O-]c1ccccc1.[O-]c1ccccc1.[O-]c1ccccc1. The van der Waals surface area contributed by atoms with Crippen LogP contribution in [0.25, 0.3) is 0 Å². The van der Waals surface area contributed by atoms with E-state index in [1.807, 2.05) is 49.9 Å². The maximum Gasteiger partial charge on any atom is 0.0686 e. The molecule has 3 aromatic carbocycles. The van der Waals surface area contributed by atoms with Gasteiger partial charge >= 0.3 is 56.4 Å². The van der Waals surface area contributed by atoms with Gasteiger partial charge in [-0.2, -0.15) is 0 Å². The summed E-state index contributed by atoms with van der Waals surface area (Å²) in [7, 11) is -1.94. The van der Waals surface area contributed by atoms with Crippen LogP contribution in [-0.2, 0) is 20.4 Å². The second kappa shape index (κ2) is 24.0. The largest absolute Gasteiger partial charge is 0.872 e. The Morgan fingerprint density at radius 1 is 0.575 bits per heavy atom. The van der Waals surface area contributed by atoms with Crippen LogP contribution in [0.1, 0.15) is 13.8 Å². The molecule has 0 aliphatic carbocycles. The molecule has 0 atom stereocenters.